The van der Waals surface area contributed by atoms with Crippen molar-refractivity contribution in [3.8, 4) is 17.1 Å². The number of fused-ring (bicyclic) bond motifs is 1. The first-order chi connectivity index (χ1) is 14.6. The maximum atomic E-state index is 12.8. The van der Waals surface area contributed by atoms with E-state index in [0.29, 0.717) is 0 Å². The molecule has 1 amide bonds. The standard InChI is InChI=1S/C24H30N4O2/c1-4-28(5-2)22-15-20-19(14-21(22)27-24(29)17-8-6-7-9-17)25-23(26-20)16-10-12-18(30-3)13-11-16/h10-15,17H,4-9H2,1-3H3,(H,25,26)(H,27,29). The maximum Gasteiger partial charge on any atom is 0.227 e. The van der Waals surface area contributed by atoms with Gasteiger partial charge >= 0.3 is 0 Å². The number of ether oxygens (including phenoxy) is 1. The van der Waals surface area contributed by atoms with Crippen LogP contribution in [0.15, 0.2) is 36.4 Å². The van der Waals surface area contributed by atoms with Crippen LogP contribution in [0.25, 0.3) is 22.4 Å². The Morgan fingerprint density at radius 3 is 2.50 bits per heavy atom. The quantitative estimate of drug-likeness (QED) is 0.565. The Labute approximate surface area is 177 Å². The Kier molecular flexibility index (Phi) is 5.93. The van der Waals surface area contributed by atoms with E-state index in [0.717, 1.165) is 78.3 Å². The van der Waals surface area contributed by atoms with E-state index in [4.69, 9.17) is 9.72 Å². The van der Waals surface area contributed by atoms with Crippen LogP contribution in [0.5, 0.6) is 5.75 Å². The molecule has 6 nitrogen and oxygen atoms in total. The number of aromatic amines is 1. The molecule has 1 fully saturated rings. The number of anilines is 2. The van der Waals surface area contributed by atoms with E-state index in [9.17, 15) is 4.79 Å². The van der Waals surface area contributed by atoms with Crippen molar-refractivity contribution in [1.82, 2.24) is 9.97 Å². The normalized spacial score (nSPS) is 14.2. The fourth-order valence-electron chi connectivity index (χ4n) is 4.28. The number of benzene rings is 2. The number of methoxy groups -OCH3 is 1. The molecule has 1 aliphatic rings. The highest BCUT2D eigenvalue weighted by molar-refractivity contribution is 5.99. The van der Waals surface area contributed by atoms with Gasteiger partial charge in [0.05, 0.1) is 29.5 Å². The molecule has 0 saturated heterocycles. The Morgan fingerprint density at radius 2 is 1.87 bits per heavy atom. The van der Waals surface area contributed by atoms with Crippen LogP contribution in [0.4, 0.5) is 11.4 Å². The van der Waals surface area contributed by atoms with Crippen molar-refractivity contribution in [2.45, 2.75) is 39.5 Å². The minimum atomic E-state index is 0.127. The van der Waals surface area contributed by atoms with Gasteiger partial charge in [0.25, 0.3) is 0 Å². The van der Waals surface area contributed by atoms with E-state index in [2.05, 4.69) is 35.1 Å². The number of hydrogen-bond acceptors (Lipinski definition) is 4. The lowest BCUT2D eigenvalue weighted by atomic mass is 10.1. The average Bonchev–Trinajstić information content (AvgIpc) is 3.44. The van der Waals surface area contributed by atoms with Gasteiger partial charge in [0.1, 0.15) is 11.6 Å². The van der Waals surface area contributed by atoms with Gasteiger partial charge in [-0.05, 0) is 63.1 Å². The molecule has 0 unspecified atom stereocenters. The Morgan fingerprint density at radius 1 is 1.17 bits per heavy atom. The van der Waals surface area contributed by atoms with E-state index < -0.39 is 0 Å². The first-order valence-electron chi connectivity index (χ1n) is 10.9. The van der Waals surface area contributed by atoms with Gasteiger partial charge < -0.3 is 19.9 Å². The Hall–Kier alpha value is -3.02. The molecular weight excluding hydrogens is 376 g/mol. The summed E-state index contributed by atoms with van der Waals surface area (Å²) in [4.78, 5) is 23.3. The first-order valence-corrected chi connectivity index (χ1v) is 10.9. The second-order valence-corrected chi connectivity index (χ2v) is 7.84. The molecule has 2 N–H and O–H groups in total. The highest BCUT2D eigenvalue weighted by Crippen LogP contribution is 2.34. The van der Waals surface area contributed by atoms with Crippen LogP contribution in [0.2, 0.25) is 0 Å². The number of amides is 1. The topological polar surface area (TPSA) is 70.2 Å². The van der Waals surface area contributed by atoms with Crippen LogP contribution in [0.3, 0.4) is 0 Å². The van der Waals surface area contributed by atoms with Crippen molar-refractivity contribution >= 4 is 28.3 Å². The number of rotatable bonds is 7. The minimum absolute atomic E-state index is 0.127. The predicted octanol–water partition coefficient (Wildman–Crippen LogP) is 5.21. The highest BCUT2D eigenvalue weighted by atomic mass is 16.5. The summed E-state index contributed by atoms with van der Waals surface area (Å²) in [5.74, 6) is 1.88. The monoisotopic (exact) mass is 406 g/mol. The van der Waals surface area contributed by atoms with Gasteiger partial charge in [-0.25, -0.2) is 4.98 Å². The molecule has 3 aromatic rings. The molecule has 0 spiro atoms. The molecular formula is C24H30N4O2. The largest absolute Gasteiger partial charge is 0.497 e. The van der Waals surface area contributed by atoms with Crippen molar-refractivity contribution in [3.05, 3.63) is 36.4 Å². The highest BCUT2D eigenvalue weighted by Gasteiger charge is 2.24. The van der Waals surface area contributed by atoms with Crippen molar-refractivity contribution in [1.29, 1.82) is 0 Å². The summed E-state index contributed by atoms with van der Waals surface area (Å²) in [6.07, 6.45) is 4.26. The van der Waals surface area contributed by atoms with Crippen molar-refractivity contribution in [2.24, 2.45) is 5.92 Å². The van der Waals surface area contributed by atoms with E-state index in [1.807, 2.05) is 30.3 Å². The molecule has 1 aromatic heterocycles. The van der Waals surface area contributed by atoms with Gasteiger partial charge in [0, 0.05) is 24.6 Å². The first kappa shape index (κ1) is 20.3. The van der Waals surface area contributed by atoms with Gasteiger partial charge in [0.2, 0.25) is 5.91 Å². The molecule has 1 aliphatic carbocycles. The van der Waals surface area contributed by atoms with Gasteiger partial charge in [-0.3, -0.25) is 4.79 Å². The maximum absolute atomic E-state index is 12.8. The molecule has 0 radical (unpaired) electrons. The molecule has 4 rings (SSSR count). The summed E-state index contributed by atoms with van der Waals surface area (Å²) in [5.41, 5.74) is 4.67. The Bertz CT molecular complexity index is 1020. The fourth-order valence-corrected chi connectivity index (χ4v) is 4.28. The molecule has 1 heterocycles. The molecule has 158 valence electrons. The number of nitrogens with one attached hydrogen (secondary N) is 2. The minimum Gasteiger partial charge on any atom is -0.497 e. The molecule has 6 heteroatoms. The van der Waals surface area contributed by atoms with Crippen LogP contribution >= 0.6 is 0 Å². The summed E-state index contributed by atoms with van der Waals surface area (Å²) in [7, 11) is 1.66. The van der Waals surface area contributed by atoms with Crippen molar-refractivity contribution in [2.75, 3.05) is 30.4 Å². The number of carbonyl (C=O) groups is 1. The predicted molar refractivity (Wildman–Crippen MR) is 122 cm³/mol. The van der Waals surface area contributed by atoms with E-state index in [1.165, 1.54) is 0 Å². The van der Waals surface area contributed by atoms with E-state index in [1.54, 1.807) is 7.11 Å². The third-order valence-corrected chi connectivity index (χ3v) is 6.05. The third-order valence-electron chi connectivity index (χ3n) is 6.05. The van der Waals surface area contributed by atoms with Crippen LogP contribution in [0, 0.1) is 5.92 Å². The molecule has 0 bridgehead atoms. The average molecular weight is 407 g/mol. The lowest BCUT2D eigenvalue weighted by Gasteiger charge is -2.25. The summed E-state index contributed by atoms with van der Waals surface area (Å²) in [5, 5.41) is 3.21. The van der Waals surface area contributed by atoms with Gasteiger partial charge in [0.15, 0.2) is 0 Å². The number of imidazole rings is 1. The zero-order valence-corrected chi connectivity index (χ0v) is 18.0. The van der Waals surface area contributed by atoms with E-state index in [-0.39, 0.29) is 11.8 Å². The van der Waals surface area contributed by atoms with Crippen LogP contribution in [0.1, 0.15) is 39.5 Å². The molecule has 30 heavy (non-hydrogen) atoms. The van der Waals surface area contributed by atoms with Gasteiger partial charge in [-0.2, -0.15) is 0 Å². The van der Waals surface area contributed by atoms with Gasteiger partial charge in [-0.15, -0.1) is 0 Å². The number of aromatic nitrogens is 2. The lowest BCUT2D eigenvalue weighted by Crippen LogP contribution is -2.26. The van der Waals surface area contributed by atoms with Crippen molar-refractivity contribution in [3.63, 3.8) is 0 Å². The zero-order valence-electron chi connectivity index (χ0n) is 18.0. The number of carbonyl (C=O) groups excluding carboxylic acids is 1. The SMILES string of the molecule is CCN(CC)c1cc2nc(-c3ccc(OC)cc3)[nH]c2cc1NC(=O)C1CCCC1. The third kappa shape index (κ3) is 3.99. The molecule has 1 saturated carbocycles. The number of nitrogens with zero attached hydrogens (tertiary/aromatic N) is 2. The second-order valence-electron chi connectivity index (χ2n) is 7.84. The molecule has 0 aliphatic heterocycles. The summed E-state index contributed by atoms with van der Waals surface area (Å²) in [6.45, 7) is 5.99. The summed E-state index contributed by atoms with van der Waals surface area (Å²) in [6, 6.07) is 11.9. The summed E-state index contributed by atoms with van der Waals surface area (Å²) < 4.78 is 5.25. The molecule has 0 atom stereocenters. The smallest absolute Gasteiger partial charge is 0.227 e. The lowest BCUT2D eigenvalue weighted by molar-refractivity contribution is -0.119. The van der Waals surface area contributed by atoms with Gasteiger partial charge in [-0.1, -0.05) is 12.8 Å². The zero-order chi connectivity index (χ0) is 21.1. The Balaban J connectivity index is 1.72. The van der Waals surface area contributed by atoms with Crippen LogP contribution in [-0.2, 0) is 4.79 Å². The van der Waals surface area contributed by atoms with Crippen LogP contribution < -0.4 is 15.0 Å². The van der Waals surface area contributed by atoms with E-state index >= 15 is 0 Å². The fraction of sp³-hybridized carbons (Fsp3) is 0.417. The van der Waals surface area contributed by atoms with Crippen molar-refractivity contribution < 1.29 is 9.53 Å². The second kappa shape index (κ2) is 8.78. The summed E-state index contributed by atoms with van der Waals surface area (Å²) >= 11 is 0. The number of H-pyrrole nitrogens is 1. The number of hydrogen-bond donors (Lipinski definition) is 2. The van der Waals surface area contributed by atoms with Crippen LogP contribution in [-0.4, -0.2) is 36.1 Å². The molecule has 2 aromatic carbocycles.